The summed E-state index contributed by atoms with van der Waals surface area (Å²) in [4.78, 5) is 16.2. The molecule has 1 rings (SSSR count). The van der Waals surface area contributed by atoms with Crippen LogP contribution in [-0.2, 0) is 9.57 Å². The van der Waals surface area contributed by atoms with Crippen molar-refractivity contribution in [2.75, 3.05) is 17.7 Å². The number of carbonyl (C=O) groups is 1. The first kappa shape index (κ1) is 11.0. The molecule has 0 unspecified atom stereocenters. The zero-order valence-electron chi connectivity index (χ0n) is 7.64. The molecule has 0 aliphatic rings. The molecule has 0 atom stereocenters. The topological polar surface area (TPSA) is 38.8 Å². The highest BCUT2D eigenvalue weighted by Crippen LogP contribution is 2.14. The Balaban J connectivity index is 2.77. The Kier molecular flexibility index (Phi) is 4.42. The minimum absolute atomic E-state index is 0.137. The maximum Gasteiger partial charge on any atom is 0.439 e. The lowest BCUT2D eigenvalue weighted by Crippen LogP contribution is -2.30. The summed E-state index contributed by atoms with van der Waals surface area (Å²) in [6.07, 6.45) is -0.560. The molecule has 0 radical (unpaired) electrons. The van der Waals surface area contributed by atoms with Crippen LogP contribution in [0.4, 0.5) is 10.5 Å². The van der Waals surface area contributed by atoms with Gasteiger partial charge >= 0.3 is 6.09 Å². The predicted octanol–water partition coefficient (Wildman–Crippen LogP) is 2.54. The highest BCUT2D eigenvalue weighted by Gasteiger charge is 2.15. The molecule has 0 aliphatic heterocycles. The normalized spacial score (nSPS) is 9.57. The van der Waals surface area contributed by atoms with Crippen LogP contribution in [0, 0.1) is 0 Å². The van der Waals surface area contributed by atoms with Crippen molar-refractivity contribution < 1.29 is 14.4 Å². The minimum Gasteiger partial charge on any atom is -0.436 e. The molecule has 14 heavy (non-hydrogen) atoms. The smallest absolute Gasteiger partial charge is 0.436 e. The van der Waals surface area contributed by atoms with Gasteiger partial charge in [0.1, 0.15) is 5.52 Å². The fourth-order valence-electron chi connectivity index (χ4n) is 0.954. The van der Waals surface area contributed by atoms with Gasteiger partial charge in [-0.3, -0.25) is 4.84 Å². The number of amides is 1. The Morgan fingerprint density at radius 1 is 1.43 bits per heavy atom. The Labute approximate surface area is 90.5 Å². The number of alkyl halides is 1. The lowest BCUT2D eigenvalue weighted by atomic mass is 10.3. The van der Waals surface area contributed by atoms with Crippen LogP contribution in [0.3, 0.4) is 0 Å². The van der Waals surface area contributed by atoms with E-state index in [1.165, 1.54) is 7.11 Å². The molecule has 0 aliphatic carbocycles. The molecule has 0 bridgehead atoms. The van der Waals surface area contributed by atoms with Crippen LogP contribution in [0.2, 0.25) is 0 Å². The van der Waals surface area contributed by atoms with E-state index in [1.54, 1.807) is 12.1 Å². The lowest BCUT2D eigenvalue weighted by molar-refractivity contribution is 0.113. The van der Waals surface area contributed by atoms with Gasteiger partial charge in [-0.25, -0.2) is 4.79 Å². The number of benzene rings is 1. The van der Waals surface area contributed by atoms with Crippen molar-refractivity contribution in [2.45, 2.75) is 0 Å². The predicted molar refractivity (Wildman–Crippen MR) is 56.2 cm³/mol. The third kappa shape index (κ3) is 2.71. The number of hydroxylamine groups is 1. The molecule has 0 spiro atoms. The average molecular weight is 260 g/mol. The Hall–Kier alpha value is -1.07. The third-order valence-electron chi connectivity index (χ3n) is 1.52. The van der Waals surface area contributed by atoms with E-state index in [0.29, 0.717) is 5.69 Å². The number of nitrogens with zero attached hydrogens (tertiary/aromatic N) is 1. The first-order valence-corrected chi connectivity index (χ1v) is 5.03. The number of rotatable bonds is 3. The van der Waals surface area contributed by atoms with Crippen molar-refractivity contribution in [3.05, 3.63) is 30.3 Å². The lowest BCUT2D eigenvalue weighted by Gasteiger charge is -2.17. The number of halogens is 1. The van der Waals surface area contributed by atoms with Crippen molar-refractivity contribution in [1.29, 1.82) is 0 Å². The van der Waals surface area contributed by atoms with E-state index in [0.717, 1.165) is 5.06 Å². The molecule has 1 amide bonds. The number of hydrogen-bond acceptors (Lipinski definition) is 3. The molecule has 76 valence electrons. The van der Waals surface area contributed by atoms with Gasteiger partial charge < -0.3 is 4.74 Å². The largest absolute Gasteiger partial charge is 0.439 e. The fraction of sp³-hybridized carbons (Fsp3) is 0.222. The quantitative estimate of drug-likeness (QED) is 0.619. The monoisotopic (exact) mass is 259 g/mol. The highest BCUT2D eigenvalue weighted by atomic mass is 79.9. The SMILES string of the molecule is CON(C(=O)OCBr)c1ccccc1. The Morgan fingerprint density at radius 3 is 2.57 bits per heavy atom. The highest BCUT2D eigenvalue weighted by molar-refractivity contribution is 9.09. The molecular weight excluding hydrogens is 250 g/mol. The van der Waals surface area contributed by atoms with Crippen LogP contribution in [0.15, 0.2) is 30.3 Å². The van der Waals surface area contributed by atoms with Crippen LogP contribution in [0.1, 0.15) is 0 Å². The fourth-order valence-corrected chi connectivity index (χ4v) is 1.15. The second kappa shape index (κ2) is 5.62. The van der Waals surface area contributed by atoms with Gasteiger partial charge in [0, 0.05) is 0 Å². The zero-order valence-corrected chi connectivity index (χ0v) is 9.23. The van der Waals surface area contributed by atoms with E-state index < -0.39 is 6.09 Å². The Morgan fingerprint density at radius 2 is 2.07 bits per heavy atom. The van der Waals surface area contributed by atoms with Gasteiger partial charge in [-0.2, -0.15) is 5.06 Å². The van der Waals surface area contributed by atoms with Gasteiger partial charge in [-0.1, -0.05) is 18.2 Å². The van der Waals surface area contributed by atoms with Crippen molar-refractivity contribution in [3.8, 4) is 0 Å². The van der Waals surface area contributed by atoms with Gasteiger partial charge in [0.15, 0.2) is 0 Å². The van der Waals surface area contributed by atoms with Crippen LogP contribution >= 0.6 is 15.9 Å². The van der Waals surface area contributed by atoms with Crippen LogP contribution in [0.25, 0.3) is 0 Å². The van der Waals surface area contributed by atoms with E-state index in [2.05, 4.69) is 15.9 Å². The molecule has 4 nitrogen and oxygen atoms in total. The third-order valence-corrected chi connectivity index (χ3v) is 1.75. The molecule has 5 heteroatoms. The summed E-state index contributed by atoms with van der Waals surface area (Å²) in [6, 6.07) is 8.97. The Bertz CT molecular complexity index is 291. The van der Waals surface area contributed by atoms with Gasteiger partial charge in [0.2, 0.25) is 0 Å². The van der Waals surface area contributed by atoms with E-state index in [4.69, 9.17) is 9.57 Å². The second-order valence-corrected chi connectivity index (χ2v) is 2.79. The summed E-state index contributed by atoms with van der Waals surface area (Å²) >= 11 is 2.99. The molecule has 0 fully saturated rings. The van der Waals surface area contributed by atoms with Crippen LogP contribution < -0.4 is 5.06 Å². The molecule has 1 aromatic rings. The van der Waals surface area contributed by atoms with Crippen molar-refractivity contribution >= 4 is 27.7 Å². The molecule has 0 aromatic heterocycles. The van der Waals surface area contributed by atoms with Crippen LogP contribution in [-0.4, -0.2) is 18.7 Å². The summed E-state index contributed by atoms with van der Waals surface area (Å²) in [5.41, 5.74) is 0.763. The van der Waals surface area contributed by atoms with Gasteiger partial charge in [-0.05, 0) is 28.1 Å². The zero-order chi connectivity index (χ0) is 10.4. The summed E-state index contributed by atoms with van der Waals surface area (Å²) in [5, 5.41) is 1.07. The van der Waals surface area contributed by atoms with E-state index >= 15 is 0 Å². The minimum atomic E-state index is -0.560. The molecular formula is C9H10BrNO3. The van der Waals surface area contributed by atoms with Gasteiger partial charge in [0.05, 0.1) is 12.8 Å². The van der Waals surface area contributed by atoms with E-state index in [1.807, 2.05) is 18.2 Å². The first-order valence-electron chi connectivity index (χ1n) is 3.91. The molecule has 0 saturated heterocycles. The maximum absolute atomic E-state index is 11.3. The number of anilines is 1. The molecule has 1 aromatic carbocycles. The molecule has 0 saturated carbocycles. The number of para-hydroxylation sites is 1. The van der Waals surface area contributed by atoms with Crippen molar-refractivity contribution in [3.63, 3.8) is 0 Å². The average Bonchev–Trinajstić information content (AvgIpc) is 2.21. The molecule has 0 N–H and O–H groups in total. The number of hydrogen-bond donors (Lipinski definition) is 0. The van der Waals surface area contributed by atoms with Gasteiger partial charge in [-0.15, -0.1) is 0 Å². The summed E-state index contributed by atoms with van der Waals surface area (Å²) in [6.45, 7) is 0. The van der Waals surface area contributed by atoms with E-state index in [9.17, 15) is 4.79 Å². The summed E-state index contributed by atoms with van der Waals surface area (Å²) in [7, 11) is 1.41. The maximum atomic E-state index is 11.3. The number of carbonyl (C=O) groups excluding carboxylic acids is 1. The van der Waals surface area contributed by atoms with E-state index in [-0.39, 0.29) is 5.52 Å². The first-order chi connectivity index (χ1) is 6.79. The molecule has 0 heterocycles. The van der Waals surface area contributed by atoms with Gasteiger partial charge in [0.25, 0.3) is 0 Å². The van der Waals surface area contributed by atoms with Crippen LogP contribution in [0.5, 0.6) is 0 Å². The summed E-state index contributed by atoms with van der Waals surface area (Å²) in [5.74, 6) is 0. The summed E-state index contributed by atoms with van der Waals surface area (Å²) < 4.78 is 4.73. The standard InChI is InChI=1S/C9H10BrNO3/c1-13-11(9(12)14-7-10)8-5-3-2-4-6-8/h2-6H,7H2,1H3. The van der Waals surface area contributed by atoms with Crippen molar-refractivity contribution in [2.24, 2.45) is 0 Å². The second-order valence-electron chi connectivity index (χ2n) is 2.33. The van der Waals surface area contributed by atoms with Crippen molar-refractivity contribution in [1.82, 2.24) is 0 Å². The number of ether oxygens (including phenoxy) is 1.